The van der Waals surface area contributed by atoms with E-state index < -0.39 is 0 Å². The molecule has 1 amide bonds. The molecule has 7 heteroatoms. The molecule has 2 aromatic carbocycles. The van der Waals surface area contributed by atoms with Crippen molar-refractivity contribution in [2.75, 3.05) is 36.4 Å². The van der Waals surface area contributed by atoms with E-state index in [1.807, 2.05) is 37.3 Å². The minimum atomic E-state index is -0.218. The Hall–Kier alpha value is -3.97. The molecule has 1 fully saturated rings. The number of hydrogen-bond acceptors (Lipinski definition) is 4. The van der Waals surface area contributed by atoms with Crippen molar-refractivity contribution >= 4 is 17.3 Å². The number of piperazine rings is 1. The first-order valence-electron chi connectivity index (χ1n) is 11.8. The molecular weight excluding hydrogens is 441 g/mol. The monoisotopic (exact) mass is 469 g/mol. The van der Waals surface area contributed by atoms with Crippen molar-refractivity contribution in [2.24, 2.45) is 0 Å². The number of aryl methyl sites for hydroxylation is 1. The molecule has 0 aliphatic carbocycles. The fraction of sp³-hybridized carbons (Fsp3) is 0.214. The Morgan fingerprint density at radius 2 is 1.66 bits per heavy atom. The number of aromatic amines is 1. The summed E-state index contributed by atoms with van der Waals surface area (Å²) < 4.78 is 13.3. The highest BCUT2D eigenvalue weighted by Gasteiger charge is 2.24. The lowest BCUT2D eigenvalue weighted by molar-refractivity contribution is 0.102. The van der Waals surface area contributed by atoms with Crippen LogP contribution in [0.3, 0.4) is 0 Å². The normalized spacial score (nSPS) is 14.2. The summed E-state index contributed by atoms with van der Waals surface area (Å²) in [6.07, 6.45) is 3.24. The van der Waals surface area contributed by atoms with E-state index in [2.05, 4.69) is 37.2 Å². The van der Waals surface area contributed by atoms with Gasteiger partial charge in [-0.05, 0) is 48.9 Å². The van der Waals surface area contributed by atoms with Crippen LogP contribution in [-0.2, 0) is 6.54 Å². The topological polar surface area (TPSA) is 64.3 Å². The van der Waals surface area contributed by atoms with Gasteiger partial charge in [-0.15, -0.1) is 0 Å². The van der Waals surface area contributed by atoms with Gasteiger partial charge in [0.1, 0.15) is 5.82 Å². The maximum absolute atomic E-state index is 13.3. The first kappa shape index (κ1) is 22.8. The van der Waals surface area contributed by atoms with Crippen LogP contribution in [-0.4, -0.2) is 47.0 Å². The van der Waals surface area contributed by atoms with Crippen molar-refractivity contribution in [3.63, 3.8) is 0 Å². The van der Waals surface area contributed by atoms with Crippen LogP contribution in [0.15, 0.2) is 79.1 Å². The Morgan fingerprint density at radius 1 is 0.971 bits per heavy atom. The van der Waals surface area contributed by atoms with Gasteiger partial charge in [-0.2, -0.15) is 0 Å². The van der Waals surface area contributed by atoms with E-state index in [0.717, 1.165) is 60.1 Å². The van der Waals surface area contributed by atoms with Crippen molar-refractivity contribution in [1.82, 2.24) is 14.9 Å². The van der Waals surface area contributed by atoms with E-state index in [9.17, 15) is 9.18 Å². The largest absolute Gasteiger partial charge is 0.369 e. The molecule has 0 unspecified atom stereocenters. The molecule has 3 heterocycles. The molecule has 178 valence electrons. The molecule has 4 aromatic rings. The van der Waals surface area contributed by atoms with Crippen LogP contribution in [0.25, 0.3) is 11.3 Å². The summed E-state index contributed by atoms with van der Waals surface area (Å²) >= 11 is 0. The Bertz CT molecular complexity index is 1280. The number of nitrogens with zero attached hydrogens (tertiary/aromatic N) is 3. The van der Waals surface area contributed by atoms with Crippen LogP contribution in [0.4, 0.5) is 15.8 Å². The fourth-order valence-corrected chi connectivity index (χ4v) is 4.58. The van der Waals surface area contributed by atoms with Gasteiger partial charge in [0.05, 0.1) is 11.4 Å². The third-order valence-electron chi connectivity index (χ3n) is 6.48. The smallest absolute Gasteiger partial charge is 0.255 e. The van der Waals surface area contributed by atoms with Crippen LogP contribution in [0, 0.1) is 12.7 Å². The van der Waals surface area contributed by atoms with Gasteiger partial charge in [0.2, 0.25) is 0 Å². The van der Waals surface area contributed by atoms with Crippen molar-refractivity contribution in [2.45, 2.75) is 13.5 Å². The van der Waals surface area contributed by atoms with E-state index in [1.54, 1.807) is 24.5 Å². The predicted octanol–water partition coefficient (Wildman–Crippen LogP) is 5.10. The van der Waals surface area contributed by atoms with Crippen molar-refractivity contribution in [3.8, 4) is 11.3 Å². The third kappa shape index (κ3) is 5.10. The molecule has 2 aromatic heterocycles. The summed E-state index contributed by atoms with van der Waals surface area (Å²) in [5.41, 5.74) is 6.54. The van der Waals surface area contributed by atoms with Crippen LogP contribution in [0.5, 0.6) is 0 Å². The minimum absolute atomic E-state index is 0.156. The number of rotatable bonds is 6. The van der Waals surface area contributed by atoms with Gasteiger partial charge >= 0.3 is 0 Å². The quantitative estimate of drug-likeness (QED) is 0.413. The summed E-state index contributed by atoms with van der Waals surface area (Å²) in [7, 11) is 0. The number of benzene rings is 2. The molecule has 1 aliphatic rings. The lowest BCUT2D eigenvalue weighted by Crippen LogP contribution is -2.46. The second-order valence-electron chi connectivity index (χ2n) is 8.77. The Labute approximate surface area is 204 Å². The Kier molecular flexibility index (Phi) is 6.59. The first-order valence-corrected chi connectivity index (χ1v) is 11.8. The third-order valence-corrected chi connectivity index (χ3v) is 6.48. The summed E-state index contributed by atoms with van der Waals surface area (Å²) in [6.45, 7) is 6.15. The number of anilines is 2. The van der Waals surface area contributed by atoms with E-state index >= 15 is 0 Å². The predicted molar refractivity (Wildman–Crippen MR) is 137 cm³/mol. The molecule has 35 heavy (non-hydrogen) atoms. The number of amides is 1. The van der Waals surface area contributed by atoms with E-state index in [1.165, 1.54) is 12.1 Å². The Balaban J connectivity index is 1.38. The maximum atomic E-state index is 13.3. The molecule has 0 radical (unpaired) electrons. The van der Waals surface area contributed by atoms with E-state index in [4.69, 9.17) is 0 Å². The van der Waals surface area contributed by atoms with Gasteiger partial charge in [0.25, 0.3) is 5.91 Å². The summed E-state index contributed by atoms with van der Waals surface area (Å²) in [6, 6.07) is 20.3. The van der Waals surface area contributed by atoms with Crippen molar-refractivity contribution < 1.29 is 9.18 Å². The van der Waals surface area contributed by atoms with Gasteiger partial charge in [-0.1, -0.05) is 30.3 Å². The van der Waals surface area contributed by atoms with Crippen LogP contribution < -0.4 is 10.2 Å². The van der Waals surface area contributed by atoms with Gasteiger partial charge in [-0.3, -0.25) is 14.7 Å². The highest BCUT2D eigenvalue weighted by Crippen LogP contribution is 2.34. The van der Waals surface area contributed by atoms with Crippen LogP contribution >= 0.6 is 0 Å². The molecule has 0 atom stereocenters. The number of halogens is 1. The second kappa shape index (κ2) is 10.1. The van der Waals surface area contributed by atoms with Crippen molar-refractivity contribution in [1.29, 1.82) is 0 Å². The molecule has 1 saturated heterocycles. The number of H-pyrrole nitrogens is 1. The molecule has 0 spiro atoms. The zero-order valence-electron chi connectivity index (χ0n) is 19.7. The molecule has 5 rings (SSSR count). The number of hydrogen-bond donors (Lipinski definition) is 2. The summed E-state index contributed by atoms with van der Waals surface area (Å²) in [5, 5.41) is 3.14. The van der Waals surface area contributed by atoms with Crippen LogP contribution in [0.2, 0.25) is 0 Å². The van der Waals surface area contributed by atoms with E-state index in [-0.39, 0.29) is 11.7 Å². The minimum Gasteiger partial charge on any atom is -0.369 e. The zero-order chi connectivity index (χ0) is 24.2. The molecule has 0 bridgehead atoms. The van der Waals surface area contributed by atoms with Gasteiger partial charge in [0.15, 0.2) is 0 Å². The zero-order valence-corrected chi connectivity index (χ0v) is 19.7. The molecular formula is C28H28FN5O. The number of carbonyl (C=O) groups is 1. The number of nitrogens with one attached hydrogen (secondary N) is 2. The van der Waals surface area contributed by atoms with E-state index in [0.29, 0.717) is 12.1 Å². The van der Waals surface area contributed by atoms with Gasteiger partial charge in [-0.25, -0.2) is 4.39 Å². The Morgan fingerprint density at radius 3 is 2.34 bits per heavy atom. The standard InChI is InChI=1S/C28H28FN5O/c1-20-26(32-28(35)22-11-13-30-14-12-22)25(27(31-20)21-5-3-2-4-6-21)19-33-15-17-34(18-16-33)24-9-7-23(29)8-10-24/h2-14,31H,15-19H2,1H3,(H,32,35). The lowest BCUT2D eigenvalue weighted by Gasteiger charge is -2.36. The van der Waals surface area contributed by atoms with Gasteiger partial charge < -0.3 is 15.2 Å². The fourth-order valence-electron chi connectivity index (χ4n) is 4.58. The molecule has 0 saturated carbocycles. The van der Waals surface area contributed by atoms with Gasteiger partial charge in [0, 0.05) is 67.6 Å². The van der Waals surface area contributed by atoms with Crippen LogP contribution in [0.1, 0.15) is 21.6 Å². The highest BCUT2D eigenvalue weighted by atomic mass is 19.1. The highest BCUT2D eigenvalue weighted by molar-refractivity contribution is 6.05. The maximum Gasteiger partial charge on any atom is 0.255 e. The number of carbonyl (C=O) groups excluding carboxylic acids is 1. The summed E-state index contributed by atoms with van der Waals surface area (Å²) in [4.78, 5) is 25.2. The number of aromatic nitrogens is 2. The first-order chi connectivity index (χ1) is 17.1. The second-order valence-corrected chi connectivity index (χ2v) is 8.77. The lowest BCUT2D eigenvalue weighted by atomic mass is 10.1. The SMILES string of the molecule is Cc1[nH]c(-c2ccccc2)c(CN2CCN(c3ccc(F)cc3)CC2)c1NC(=O)c1ccncc1. The molecule has 6 nitrogen and oxygen atoms in total. The van der Waals surface area contributed by atoms with Crippen molar-refractivity contribution in [3.05, 3.63) is 102 Å². The molecule has 2 N–H and O–H groups in total. The molecule has 1 aliphatic heterocycles. The number of pyridine rings is 1. The summed E-state index contributed by atoms with van der Waals surface area (Å²) in [5.74, 6) is -0.374. The average molecular weight is 470 g/mol. The average Bonchev–Trinajstić information content (AvgIpc) is 3.20.